The predicted octanol–water partition coefficient (Wildman–Crippen LogP) is 11.4. The molecule has 0 aliphatic rings. The molecule has 50 heavy (non-hydrogen) atoms. The number of nitrogens with zero attached hydrogens (tertiary/aromatic N) is 4. The van der Waals surface area contributed by atoms with Crippen LogP contribution in [0.5, 0.6) is 0 Å². The summed E-state index contributed by atoms with van der Waals surface area (Å²) in [6.07, 6.45) is 0. The van der Waals surface area contributed by atoms with Gasteiger partial charge in [-0.1, -0.05) is 133 Å². The van der Waals surface area contributed by atoms with Crippen LogP contribution in [-0.4, -0.2) is 19.9 Å². The lowest BCUT2D eigenvalue weighted by atomic mass is 10.00. The Bertz CT molecular complexity index is 2860. The summed E-state index contributed by atoms with van der Waals surface area (Å²) in [6, 6.07) is 52.8. The third kappa shape index (κ3) is 4.58. The first-order valence-corrected chi connectivity index (χ1v) is 16.5. The summed E-state index contributed by atoms with van der Waals surface area (Å²) >= 11 is 0. The Morgan fingerprint density at radius 3 is 1.70 bits per heavy atom. The van der Waals surface area contributed by atoms with Crippen LogP contribution < -0.4 is 0 Å². The highest BCUT2D eigenvalue weighted by Crippen LogP contribution is 2.41. The summed E-state index contributed by atoms with van der Waals surface area (Å²) in [5.74, 6) is 2.25. The average molecular weight is 643 g/mol. The van der Waals surface area contributed by atoms with Gasteiger partial charge in [-0.25, -0.2) is 19.9 Å². The Morgan fingerprint density at radius 2 is 0.940 bits per heavy atom. The van der Waals surface area contributed by atoms with E-state index in [1.54, 1.807) is 0 Å². The molecule has 0 saturated heterocycles. The van der Waals surface area contributed by atoms with Crippen molar-refractivity contribution in [2.24, 2.45) is 0 Å². The molecule has 0 aliphatic carbocycles. The summed E-state index contributed by atoms with van der Waals surface area (Å²) in [5.41, 5.74) is 8.71. The monoisotopic (exact) mass is 642 g/mol. The van der Waals surface area contributed by atoms with Gasteiger partial charge in [0.15, 0.2) is 23.1 Å². The van der Waals surface area contributed by atoms with E-state index in [0.717, 1.165) is 77.2 Å². The van der Waals surface area contributed by atoms with Crippen molar-refractivity contribution >= 4 is 43.8 Å². The van der Waals surface area contributed by atoms with E-state index in [4.69, 9.17) is 28.8 Å². The Balaban J connectivity index is 1.23. The molecule has 3 heterocycles. The highest BCUT2D eigenvalue weighted by atomic mass is 16.3. The Labute approximate surface area is 286 Å². The van der Waals surface area contributed by atoms with Gasteiger partial charge in [-0.05, 0) is 35.2 Å². The second-order valence-corrected chi connectivity index (χ2v) is 12.2. The Hall–Kier alpha value is -6.92. The van der Waals surface area contributed by atoms with Crippen LogP contribution in [-0.2, 0) is 0 Å². The summed E-state index contributed by atoms with van der Waals surface area (Å²) in [7, 11) is 0. The van der Waals surface area contributed by atoms with Gasteiger partial charge >= 0.3 is 0 Å². The van der Waals surface area contributed by atoms with Gasteiger partial charge < -0.3 is 8.83 Å². The molecule has 0 saturated carbocycles. The van der Waals surface area contributed by atoms with Crippen LogP contribution >= 0.6 is 0 Å². The van der Waals surface area contributed by atoms with Gasteiger partial charge in [0.2, 0.25) is 5.89 Å². The van der Waals surface area contributed by atoms with Crippen molar-refractivity contribution in [3.05, 3.63) is 158 Å². The number of aromatic nitrogens is 4. The van der Waals surface area contributed by atoms with Gasteiger partial charge in [0, 0.05) is 44.0 Å². The molecule has 0 unspecified atom stereocenters. The maximum atomic E-state index is 6.58. The molecule has 0 atom stereocenters. The Kier molecular flexibility index (Phi) is 6.39. The van der Waals surface area contributed by atoms with Crippen LogP contribution in [0.4, 0.5) is 0 Å². The van der Waals surface area contributed by atoms with Crippen LogP contribution in [0, 0.1) is 0 Å². The topological polar surface area (TPSA) is 77.8 Å². The molecule has 0 radical (unpaired) electrons. The number of hydrogen-bond donors (Lipinski definition) is 0. The summed E-state index contributed by atoms with van der Waals surface area (Å²) in [4.78, 5) is 20.4. The largest absolute Gasteiger partial charge is 0.455 e. The lowest BCUT2D eigenvalue weighted by Crippen LogP contribution is -2.01. The molecule has 0 aliphatic heterocycles. The van der Waals surface area contributed by atoms with Crippen molar-refractivity contribution in [1.82, 2.24) is 19.9 Å². The van der Waals surface area contributed by atoms with E-state index in [1.807, 2.05) is 109 Å². The van der Waals surface area contributed by atoms with Crippen LogP contribution in [0.2, 0.25) is 0 Å². The normalized spacial score (nSPS) is 11.6. The van der Waals surface area contributed by atoms with Crippen molar-refractivity contribution < 1.29 is 8.83 Å². The molecule has 10 aromatic rings. The van der Waals surface area contributed by atoms with Crippen LogP contribution in [0.15, 0.2) is 167 Å². The molecule has 0 N–H and O–H groups in total. The molecular formula is C44H26N4O2. The fourth-order valence-corrected chi connectivity index (χ4v) is 6.85. The summed E-state index contributed by atoms with van der Waals surface area (Å²) in [6.45, 7) is 0. The predicted molar refractivity (Wildman–Crippen MR) is 199 cm³/mol. The second kappa shape index (κ2) is 11.4. The number of benzene rings is 7. The van der Waals surface area contributed by atoms with Gasteiger partial charge in [-0.2, -0.15) is 0 Å². The lowest BCUT2D eigenvalue weighted by Gasteiger charge is -2.11. The quantitative estimate of drug-likeness (QED) is 0.186. The zero-order chi connectivity index (χ0) is 33.0. The first kappa shape index (κ1) is 28.1. The summed E-state index contributed by atoms with van der Waals surface area (Å²) in [5, 5.41) is 3.87. The van der Waals surface area contributed by atoms with Gasteiger partial charge in [0.05, 0.1) is 0 Å². The molecule has 6 heteroatoms. The fraction of sp³-hybridized carbons (Fsp3) is 0. The van der Waals surface area contributed by atoms with E-state index in [0.29, 0.717) is 23.4 Å². The van der Waals surface area contributed by atoms with Crippen molar-refractivity contribution in [1.29, 1.82) is 0 Å². The van der Waals surface area contributed by atoms with Crippen molar-refractivity contribution in [2.75, 3.05) is 0 Å². The van der Waals surface area contributed by atoms with Gasteiger partial charge in [0.1, 0.15) is 16.7 Å². The standard InChI is InChI=1S/C44H26N4O2/c1-4-14-27(15-5-1)30-22-12-23-33-38-34(24-13-25-37(38)49-39(30)33)42-46-41(28-16-6-2-7-17-28)47-43(48-42)35-26-36-40(32-21-11-10-20-31(32)35)50-44(45-36)29-18-8-3-9-19-29/h1-26H. The van der Waals surface area contributed by atoms with Crippen molar-refractivity contribution in [2.45, 2.75) is 0 Å². The molecule has 234 valence electrons. The van der Waals surface area contributed by atoms with E-state index in [9.17, 15) is 0 Å². The van der Waals surface area contributed by atoms with E-state index >= 15 is 0 Å². The van der Waals surface area contributed by atoms with E-state index in [1.165, 1.54) is 0 Å². The van der Waals surface area contributed by atoms with Crippen LogP contribution in [0.1, 0.15) is 0 Å². The van der Waals surface area contributed by atoms with E-state index < -0.39 is 0 Å². The zero-order valence-corrected chi connectivity index (χ0v) is 26.6. The molecule has 10 rings (SSSR count). The molecule has 0 spiro atoms. The van der Waals surface area contributed by atoms with E-state index in [-0.39, 0.29) is 0 Å². The van der Waals surface area contributed by atoms with Crippen LogP contribution in [0.3, 0.4) is 0 Å². The second-order valence-electron chi connectivity index (χ2n) is 12.2. The number of hydrogen-bond acceptors (Lipinski definition) is 6. The van der Waals surface area contributed by atoms with Crippen molar-refractivity contribution in [3.63, 3.8) is 0 Å². The first-order chi connectivity index (χ1) is 24.8. The minimum Gasteiger partial charge on any atom is -0.455 e. The average Bonchev–Trinajstić information content (AvgIpc) is 3.81. The van der Waals surface area contributed by atoms with E-state index in [2.05, 4.69) is 48.5 Å². The van der Waals surface area contributed by atoms with Crippen LogP contribution in [0.25, 0.3) is 101 Å². The van der Waals surface area contributed by atoms with Gasteiger partial charge in [0.25, 0.3) is 0 Å². The molecule has 3 aromatic heterocycles. The highest BCUT2D eigenvalue weighted by Gasteiger charge is 2.22. The minimum absolute atomic E-state index is 0.547. The molecule has 7 aromatic carbocycles. The summed E-state index contributed by atoms with van der Waals surface area (Å²) < 4.78 is 13.0. The number of rotatable bonds is 5. The SMILES string of the molecule is c1ccc(-c2nc(-c3cc4nc(-c5ccccc5)oc4c4ccccc34)nc(-c3cccc4oc5c(-c6ccccc6)cccc5c34)n2)cc1. The number of oxazole rings is 1. The molecular weight excluding hydrogens is 617 g/mol. The fourth-order valence-electron chi connectivity index (χ4n) is 6.85. The molecule has 0 amide bonds. The minimum atomic E-state index is 0.547. The highest BCUT2D eigenvalue weighted by molar-refractivity contribution is 6.15. The van der Waals surface area contributed by atoms with Gasteiger partial charge in [-0.3, -0.25) is 0 Å². The van der Waals surface area contributed by atoms with Gasteiger partial charge in [-0.15, -0.1) is 0 Å². The first-order valence-electron chi connectivity index (χ1n) is 16.5. The third-order valence-corrected chi connectivity index (χ3v) is 9.17. The molecule has 6 nitrogen and oxygen atoms in total. The zero-order valence-electron chi connectivity index (χ0n) is 26.6. The smallest absolute Gasteiger partial charge is 0.227 e. The van der Waals surface area contributed by atoms with Crippen molar-refractivity contribution in [3.8, 4) is 56.7 Å². The number of fused-ring (bicyclic) bond motifs is 6. The third-order valence-electron chi connectivity index (χ3n) is 9.17. The maximum Gasteiger partial charge on any atom is 0.227 e. The number of para-hydroxylation sites is 1. The maximum absolute atomic E-state index is 6.58. The molecule has 0 fully saturated rings. The molecule has 0 bridgehead atoms. The Morgan fingerprint density at radius 1 is 0.360 bits per heavy atom. The number of furan rings is 1. The lowest BCUT2D eigenvalue weighted by molar-refractivity contribution is 0.623.